The van der Waals surface area contributed by atoms with Crippen LogP contribution in [0.5, 0.6) is 0 Å². The highest BCUT2D eigenvalue weighted by atomic mass is 28.4. The van der Waals surface area contributed by atoms with Gasteiger partial charge in [0.15, 0.2) is 8.32 Å². The number of nitrogens with zero attached hydrogens (tertiary/aromatic N) is 2. The topological polar surface area (TPSA) is 53.0 Å². The van der Waals surface area contributed by atoms with Gasteiger partial charge in [-0.15, -0.1) is 0 Å². The number of alkyl halides is 3. The molecular weight excluding hydrogens is 413 g/mol. The molecule has 0 aliphatic heterocycles. The predicted molar refractivity (Wildman–Crippen MR) is 116 cm³/mol. The van der Waals surface area contributed by atoms with Crippen molar-refractivity contribution >= 4 is 14.4 Å². The number of carbonyl (C=O) groups is 1. The molecule has 1 rings (SSSR count). The van der Waals surface area contributed by atoms with Crippen LogP contribution in [0, 0.1) is 0 Å². The Hall–Kier alpha value is -1.06. The lowest BCUT2D eigenvalue weighted by Gasteiger charge is -2.47. The molecule has 0 aromatic carbocycles. The average molecular weight is 453 g/mol. The fourth-order valence-electron chi connectivity index (χ4n) is 3.58. The van der Waals surface area contributed by atoms with E-state index in [0.29, 0.717) is 13.2 Å². The molecule has 0 aromatic rings. The van der Waals surface area contributed by atoms with E-state index in [2.05, 4.69) is 33.9 Å². The van der Waals surface area contributed by atoms with E-state index < -0.39 is 43.8 Å². The Morgan fingerprint density at radius 1 is 1.17 bits per heavy atom. The van der Waals surface area contributed by atoms with Crippen LogP contribution in [0.2, 0.25) is 18.1 Å². The van der Waals surface area contributed by atoms with Gasteiger partial charge in [0.05, 0.1) is 6.04 Å². The largest absolute Gasteiger partial charge is 0.465 e. The summed E-state index contributed by atoms with van der Waals surface area (Å²) in [5.41, 5.74) is -1.31. The minimum atomic E-state index is -4.41. The number of rotatable bonds is 6. The highest BCUT2D eigenvalue weighted by Crippen LogP contribution is 2.39. The van der Waals surface area contributed by atoms with E-state index >= 15 is 0 Å². The van der Waals surface area contributed by atoms with Crippen LogP contribution in [-0.4, -0.2) is 73.3 Å². The number of carboxylic acid groups (broad SMARTS) is 1. The molecule has 1 N–H and O–H groups in total. The summed E-state index contributed by atoms with van der Waals surface area (Å²) in [7, 11) is -0.215. The zero-order valence-corrected chi connectivity index (χ0v) is 20.9. The van der Waals surface area contributed by atoms with Crippen LogP contribution in [0.3, 0.4) is 0 Å². The summed E-state index contributed by atoms with van der Waals surface area (Å²) in [5.74, 6) is 0. The van der Waals surface area contributed by atoms with Crippen molar-refractivity contribution in [1.29, 1.82) is 0 Å². The molecule has 0 bridgehead atoms. The summed E-state index contributed by atoms with van der Waals surface area (Å²) in [6.07, 6.45) is -4.56. The van der Waals surface area contributed by atoms with Gasteiger partial charge in [-0.1, -0.05) is 26.8 Å². The van der Waals surface area contributed by atoms with E-state index in [1.165, 1.54) is 4.90 Å². The number of amides is 1. The summed E-state index contributed by atoms with van der Waals surface area (Å²) in [5, 5.41) is 9.84. The summed E-state index contributed by atoms with van der Waals surface area (Å²) in [6.45, 7) is 16.8. The second kappa shape index (κ2) is 9.20. The third kappa shape index (κ3) is 6.72. The first kappa shape index (κ1) is 27.0. The van der Waals surface area contributed by atoms with E-state index in [-0.39, 0.29) is 17.9 Å². The first-order chi connectivity index (χ1) is 13.3. The van der Waals surface area contributed by atoms with Crippen LogP contribution in [0.25, 0.3) is 0 Å². The lowest BCUT2D eigenvalue weighted by molar-refractivity contribution is -0.0994. The maximum Gasteiger partial charge on any atom is 0.412 e. The Labute approximate surface area is 180 Å². The van der Waals surface area contributed by atoms with E-state index in [4.69, 9.17) is 4.43 Å². The van der Waals surface area contributed by atoms with E-state index in [1.807, 2.05) is 4.90 Å². The van der Waals surface area contributed by atoms with Crippen molar-refractivity contribution in [2.75, 3.05) is 20.2 Å². The molecule has 1 aliphatic rings. The van der Waals surface area contributed by atoms with Crippen molar-refractivity contribution < 1.29 is 27.5 Å². The van der Waals surface area contributed by atoms with Crippen LogP contribution in [0.1, 0.15) is 54.4 Å². The second-order valence-corrected chi connectivity index (χ2v) is 15.5. The van der Waals surface area contributed by atoms with Gasteiger partial charge in [-0.05, 0) is 58.8 Å². The van der Waals surface area contributed by atoms with Crippen LogP contribution in [0.15, 0.2) is 11.6 Å². The van der Waals surface area contributed by atoms with Crippen molar-refractivity contribution in [3.05, 3.63) is 11.6 Å². The molecule has 9 heteroatoms. The van der Waals surface area contributed by atoms with Crippen LogP contribution < -0.4 is 0 Å². The molecular formula is C21H39F3N2O3Si. The molecule has 5 nitrogen and oxygen atoms in total. The lowest BCUT2D eigenvalue weighted by atomic mass is 9.85. The van der Waals surface area contributed by atoms with Gasteiger partial charge in [0.1, 0.15) is 0 Å². The predicted octanol–water partition coefficient (Wildman–Crippen LogP) is 5.74. The van der Waals surface area contributed by atoms with Gasteiger partial charge in [0.25, 0.3) is 0 Å². The number of hydrogen-bond donors (Lipinski definition) is 1. The molecule has 2 atom stereocenters. The van der Waals surface area contributed by atoms with Gasteiger partial charge in [0.2, 0.25) is 0 Å². The monoisotopic (exact) mass is 452 g/mol. The number of hydrogen-bond acceptors (Lipinski definition) is 3. The summed E-state index contributed by atoms with van der Waals surface area (Å²) >= 11 is 0. The summed E-state index contributed by atoms with van der Waals surface area (Å²) in [4.78, 5) is 15.1. The van der Waals surface area contributed by atoms with Crippen LogP contribution in [0.4, 0.5) is 18.0 Å². The molecule has 1 aliphatic carbocycles. The van der Waals surface area contributed by atoms with Crippen molar-refractivity contribution in [1.82, 2.24) is 9.80 Å². The summed E-state index contributed by atoms with van der Waals surface area (Å²) in [6, 6.07) is -1.14. The highest BCUT2D eigenvalue weighted by molar-refractivity contribution is 6.74. The Morgan fingerprint density at radius 2 is 1.70 bits per heavy atom. The molecule has 0 saturated carbocycles. The fraction of sp³-hybridized carbons (Fsp3) is 0.857. The van der Waals surface area contributed by atoms with Crippen molar-refractivity contribution in [2.45, 2.75) is 96.3 Å². The Bertz CT molecular complexity index is 637. The zero-order chi connectivity index (χ0) is 23.7. The highest BCUT2D eigenvalue weighted by Gasteiger charge is 2.45. The first-order valence-electron chi connectivity index (χ1n) is 10.4. The Morgan fingerprint density at radius 3 is 2.10 bits per heavy atom. The standard InChI is InChI=1S/C21H39F3N2O3Si/c1-19(2,3)26(18(27)28)16-11-10-15(21(22,23)24)14-17(16)25(7)12-13-29-30(8,9)20(4,5)6/h10,16-17H,11-14H2,1-9H3,(H,27,28)/t16-,17-/m0/s1. The minimum absolute atomic E-state index is 0.0382. The maximum atomic E-state index is 13.4. The van der Waals surface area contributed by atoms with E-state index in [9.17, 15) is 23.1 Å². The van der Waals surface area contributed by atoms with Gasteiger partial charge in [-0.2, -0.15) is 13.2 Å². The third-order valence-corrected chi connectivity index (χ3v) is 10.9. The smallest absolute Gasteiger partial charge is 0.412 e. The minimum Gasteiger partial charge on any atom is -0.465 e. The van der Waals surface area contributed by atoms with E-state index in [1.54, 1.807) is 27.8 Å². The van der Waals surface area contributed by atoms with Crippen molar-refractivity contribution in [3.8, 4) is 0 Å². The number of likely N-dealkylation sites (N-methyl/N-ethyl adjacent to an activating group) is 1. The Balaban J connectivity index is 3.09. The van der Waals surface area contributed by atoms with Gasteiger partial charge < -0.3 is 9.53 Å². The fourth-order valence-corrected chi connectivity index (χ4v) is 4.61. The molecule has 0 saturated heterocycles. The van der Waals surface area contributed by atoms with Gasteiger partial charge in [-0.3, -0.25) is 9.80 Å². The lowest BCUT2D eigenvalue weighted by Crippen LogP contribution is -2.60. The molecule has 0 unspecified atom stereocenters. The quantitative estimate of drug-likeness (QED) is 0.413. The molecule has 0 spiro atoms. The first-order valence-corrected chi connectivity index (χ1v) is 13.3. The van der Waals surface area contributed by atoms with Gasteiger partial charge in [-0.25, -0.2) is 4.79 Å². The Kier molecular flexibility index (Phi) is 8.27. The third-order valence-electron chi connectivity index (χ3n) is 6.38. The van der Waals surface area contributed by atoms with Crippen LogP contribution >= 0.6 is 0 Å². The van der Waals surface area contributed by atoms with Crippen molar-refractivity contribution in [3.63, 3.8) is 0 Å². The van der Waals surface area contributed by atoms with E-state index in [0.717, 1.165) is 6.08 Å². The van der Waals surface area contributed by atoms with Crippen molar-refractivity contribution in [2.24, 2.45) is 0 Å². The number of halogens is 3. The molecule has 0 fully saturated rings. The van der Waals surface area contributed by atoms with Crippen LogP contribution in [-0.2, 0) is 4.43 Å². The maximum absolute atomic E-state index is 13.4. The van der Waals surface area contributed by atoms with Gasteiger partial charge in [0, 0.05) is 30.3 Å². The molecule has 176 valence electrons. The SMILES string of the molecule is CN(CCO[Si](C)(C)C(C)(C)C)[C@H]1CC(C(F)(F)F)=CC[C@@H]1N(C(=O)O)C(C)(C)C. The summed E-state index contributed by atoms with van der Waals surface area (Å²) < 4.78 is 46.4. The molecule has 0 radical (unpaired) electrons. The molecule has 30 heavy (non-hydrogen) atoms. The molecule has 0 heterocycles. The van der Waals surface area contributed by atoms with Gasteiger partial charge >= 0.3 is 12.3 Å². The zero-order valence-electron chi connectivity index (χ0n) is 19.9. The second-order valence-electron chi connectivity index (χ2n) is 10.7. The molecule has 0 aromatic heterocycles. The normalized spacial score (nSPS) is 21.6. The average Bonchev–Trinajstić information content (AvgIpc) is 2.51. The molecule has 1 amide bonds.